The Hall–Kier alpha value is -2.52. The summed E-state index contributed by atoms with van der Waals surface area (Å²) >= 11 is 0. The normalized spacial score (nSPS) is 29.8. The van der Waals surface area contributed by atoms with Gasteiger partial charge in [-0.15, -0.1) is 0 Å². The van der Waals surface area contributed by atoms with Gasteiger partial charge in [-0.1, -0.05) is 53.7 Å². The van der Waals surface area contributed by atoms with Crippen molar-refractivity contribution in [2.24, 2.45) is 0 Å². The van der Waals surface area contributed by atoms with Gasteiger partial charge in [0.05, 0.1) is 19.3 Å². The first-order valence-corrected chi connectivity index (χ1v) is 25.6. The maximum Gasteiger partial charge on any atom is 0.476 e. The highest BCUT2D eigenvalue weighted by atomic mass is 31.2. The van der Waals surface area contributed by atoms with Gasteiger partial charge in [0.2, 0.25) is 0 Å². The van der Waals surface area contributed by atoms with E-state index in [9.17, 15) is 23.7 Å². The van der Waals surface area contributed by atoms with Crippen LogP contribution in [0.4, 0.5) is 0 Å². The van der Waals surface area contributed by atoms with Crippen molar-refractivity contribution in [1.29, 1.82) is 0 Å². The Bertz CT molecular complexity index is 2010. The zero-order chi connectivity index (χ0) is 40.2. The topological polar surface area (TPSA) is 191 Å². The molecule has 5 rings (SSSR count). The van der Waals surface area contributed by atoms with Gasteiger partial charge in [0.25, 0.3) is 11.1 Å². The van der Waals surface area contributed by atoms with Crippen LogP contribution in [0.1, 0.15) is 78.0 Å². The number of ether oxygens (including phenoxy) is 2. The first kappa shape index (κ1) is 42.6. The van der Waals surface area contributed by atoms with Gasteiger partial charge in [-0.25, -0.2) is 14.2 Å². The quantitative estimate of drug-likeness (QED) is 0.182. The maximum atomic E-state index is 14.6. The van der Waals surface area contributed by atoms with E-state index in [1.165, 1.54) is 21.5 Å². The summed E-state index contributed by atoms with van der Waals surface area (Å²) in [6.45, 7) is 24.2. The number of H-pyrrole nitrogens is 2. The second-order valence-electron chi connectivity index (χ2n) is 17.5. The summed E-state index contributed by atoms with van der Waals surface area (Å²) in [5.74, 6) is 0. The molecule has 8 atom stereocenters. The standard InChI is InChI=1S/C35H57N4O12PSi2/c1-21-18-38(32(42)36-30(21)40)27-16-24(26(47-27)20-46-53(9,10)34(3,4)5)50-52(44)45-15-13-14-23(49-52)29-25(51-54(11,12)35(6,7)8)17-28(48-29)39-19-22(2)31(41)37-33(39)43/h13-14,18-19,23-29H,15-17,20H2,1-12H3,(H,36,40,42)(H,37,41,43)/t23-,24-,25-,26+,27+,28+,29+,52?/m0/s1. The molecule has 0 aliphatic carbocycles. The molecule has 19 heteroatoms. The smallest absolute Gasteiger partial charge is 0.414 e. The first-order chi connectivity index (χ1) is 24.8. The molecule has 3 aliphatic rings. The third-order valence-electron chi connectivity index (χ3n) is 11.4. The second kappa shape index (κ2) is 15.4. The van der Waals surface area contributed by atoms with Crippen molar-refractivity contribution < 1.29 is 36.5 Å². The van der Waals surface area contributed by atoms with Crippen molar-refractivity contribution in [3.63, 3.8) is 0 Å². The predicted molar refractivity (Wildman–Crippen MR) is 207 cm³/mol. The number of nitrogens with one attached hydrogen (secondary N) is 2. The number of aromatic nitrogens is 4. The number of nitrogens with zero attached hydrogens (tertiary/aromatic N) is 2. The van der Waals surface area contributed by atoms with Crippen LogP contribution < -0.4 is 22.5 Å². The first-order valence-electron chi connectivity index (χ1n) is 18.4. The highest BCUT2D eigenvalue weighted by Gasteiger charge is 2.51. The number of aromatic amines is 2. The Morgan fingerprint density at radius 1 is 0.815 bits per heavy atom. The molecule has 2 fully saturated rings. The highest BCUT2D eigenvalue weighted by Crippen LogP contribution is 2.56. The highest BCUT2D eigenvalue weighted by molar-refractivity contribution is 7.48. The van der Waals surface area contributed by atoms with E-state index >= 15 is 0 Å². The summed E-state index contributed by atoms with van der Waals surface area (Å²) in [4.78, 5) is 54.8. The van der Waals surface area contributed by atoms with Gasteiger partial charge in [0, 0.05) is 36.4 Å². The average molecular weight is 813 g/mol. The van der Waals surface area contributed by atoms with Crippen molar-refractivity contribution in [1.82, 2.24) is 19.1 Å². The van der Waals surface area contributed by atoms with Gasteiger partial charge < -0.3 is 18.3 Å². The van der Waals surface area contributed by atoms with Crippen LogP contribution in [-0.4, -0.2) is 79.5 Å². The van der Waals surface area contributed by atoms with Gasteiger partial charge in [0.15, 0.2) is 16.6 Å². The van der Waals surface area contributed by atoms with Gasteiger partial charge in [-0.2, -0.15) is 0 Å². The molecule has 0 bridgehead atoms. The number of phosphoric ester groups is 1. The lowest BCUT2D eigenvalue weighted by Crippen LogP contribution is -2.48. The largest absolute Gasteiger partial charge is 0.476 e. The SMILES string of the molecule is Cc1cn([C@H]2C[C@H](O[Si](C)(C)C(C)(C)C)[C@@H]([C@@H]3C=CCOP(=O)(O[C@H]4C[C@H](n5cc(C)c(=O)[nH]c5=O)O[C@@H]4CO[Si](C)(C)C(C)(C)C)O3)O2)c(=O)[nH]c1=O. The molecule has 302 valence electrons. The Kier molecular flexibility index (Phi) is 12.2. The lowest BCUT2D eigenvalue weighted by Gasteiger charge is -2.40. The van der Waals surface area contributed by atoms with Crippen molar-refractivity contribution in [2.75, 3.05) is 13.2 Å². The molecule has 0 saturated carbocycles. The fourth-order valence-electron chi connectivity index (χ4n) is 5.96. The summed E-state index contributed by atoms with van der Waals surface area (Å²) in [6.07, 6.45) is 0.697. The molecule has 54 heavy (non-hydrogen) atoms. The number of aryl methyl sites for hydroxylation is 2. The van der Waals surface area contributed by atoms with Crippen LogP contribution in [0.5, 0.6) is 0 Å². The molecule has 2 saturated heterocycles. The summed E-state index contributed by atoms with van der Waals surface area (Å²) in [5, 5.41) is -0.288. The van der Waals surface area contributed by atoms with Gasteiger partial charge in [0.1, 0.15) is 36.9 Å². The molecular weight excluding hydrogens is 756 g/mol. The predicted octanol–water partition coefficient (Wildman–Crippen LogP) is 5.16. The summed E-state index contributed by atoms with van der Waals surface area (Å²) in [5.41, 5.74) is -1.62. The third kappa shape index (κ3) is 9.19. The van der Waals surface area contributed by atoms with Crippen LogP contribution in [0.3, 0.4) is 0 Å². The van der Waals surface area contributed by atoms with E-state index in [0.717, 1.165) is 0 Å². The molecule has 2 N–H and O–H groups in total. The lowest BCUT2D eigenvalue weighted by molar-refractivity contribution is -0.0728. The average Bonchev–Trinajstić information content (AvgIpc) is 3.57. The van der Waals surface area contributed by atoms with E-state index in [1.54, 1.807) is 26.0 Å². The fraction of sp³-hybridized carbons (Fsp3) is 0.714. The van der Waals surface area contributed by atoms with Crippen molar-refractivity contribution in [3.05, 3.63) is 77.3 Å². The number of hydrogen-bond acceptors (Lipinski definition) is 12. The second-order valence-corrected chi connectivity index (χ2v) is 28.6. The molecule has 16 nitrogen and oxygen atoms in total. The summed E-state index contributed by atoms with van der Waals surface area (Å²) < 4.78 is 61.8. The van der Waals surface area contributed by atoms with E-state index in [-0.39, 0.29) is 36.1 Å². The summed E-state index contributed by atoms with van der Waals surface area (Å²) in [7, 11) is -9.11. The molecule has 2 aromatic rings. The van der Waals surface area contributed by atoms with Crippen molar-refractivity contribution in [3.8, 4) is 0 Å². The van der Waals surface area contributed by atoms with Crippen LogP contribution in [0, 0.1) is 13.8 Å². The van der Waals surface area contributed by atoms with Gasteiger partial charge in [-0.3, -0.25) is 42.3 Å². The molecule has 2 aromatic heterocycles. The Morgan fingerprint density at radius 2 is 1.33 bits per heavy atom. The fourth-order valence-corrected chi connectivity index (χ4v) is 9.80. The monoisotopic (exact) mass is 812 g/mol. The molecule has 0 aromatic carbocycles. The molecular formula is C35H57N4O12PSi2. The van der Waals surface area contributed by atoms with E-state index in [4.69, 9.17) is 31.9 Å². The molecule has 5 heterocycles. The molecule has 3 aliphatic heterocycles. The molecule has 0 radical (unpaired) electrons. The van der Waals surface area contributed by atoms with Gasteiger partial charge in [-0.05, 0) is 50.1 Å². The number of phosphoric acid groups is 1. The van der Waals surface area contributed by atoms with Crippen LogP contribution in [0.2, 0.25) is 36.3 Å². The zero-order valence-electron chi connectivity index (χ0n) is 33.4. The Morgan fingerprint density at radius 3 is 1.87 bits per heavy atom. The van der Waals surface area contributed by atoms with E-state index in [2.05, 4.69) is 77.7 Å². The maximum absolute atomic E-state index is 14.6. The van der Waals surface area contributed by atoms with E-state index in [1.807, 2.05) is 0 Å². The minimum atomic E-state index is -4.39. The lowest BCUT2D eigenvalue weighted by atomic mass is 10.1. The third-order valence-corrected chi connectivity index (χ3v) is 21.9. The zero-order valence-corrected chi connectivity index (χ0v) is 36.3. The van der Waals surface area contributed by atoms with Crippen LogP contribution in [0.25, 0.3) is 0 Å². The number of rotatable bonds is 10. The molecule has 0 amide bonds. The molecule has 1 unspecified atom stereocenters. The Balaban J connectivity index is 1.45. The van der Waals surface area contributed by atoms with Crippen molar-refractivity contribution in [2.45, 2.75) is 147 Å². The van der Waals surface area contributed by atoms with Crippen molar-refractivity contribution >= 4 is 24.5 Å². The van der Waals surface area contributed by atoms with E-state index in [0.29, 0.717) is 11.1 Å². The Labute approximate surface area is 317 Å². The van der Waals surface area contributed by atoms with Crippen LogP contribution in [0.15, 0.2) is 43.7 Å². The van der Waals surface area contributed by atoms with Gasteiger partial charge >= 0.3 is 19.2 Å². The summed E-state index contributed by atoms with van der Waals surface area (Å²) in [6, 6.07) is 0. The minimum Gasteiger partial charge on any atom is -0.414 e. The van der Waals surface area contributed by atoms with Crippen LogP contribution in [-0.2, 0) is 36.5 Å². The molecule has 0 spiro atoms. The van der Waals surface area contributed by atoms with Crippen LogP contribution >= 0.6 is 7.82 Å². The minimum absolute atomic E-state index is 0.0688. The van der Waals surface area contributed by atoms with E-state index < -0.39 is 89.9 Å². The number of hydrogen-bond donors (Lipinski definition) is 2.